The van der Waals surface area contributed by atoms with E-state index in [1.807, 2.05) is 0 Å². The van der Waals surface area contributed by atoms with E-state index in [-0.39, 0.29) is 90.4 Å². The molecule has 20 atom stereocenters. The van der Waals surface area contributed by atoms with Gasteiger partial charge in [0.2, 0.25) is 5.91 Å². The van der Waals surface area contributed by atoms with Gasteiger partial charge in [0.05, 0.1) is 61.0 Å². The molecule has 4 saturated heterocycles. The van der Waals surface area contributed by atoms with E-state index < -0.39 is 24.9 Å². The van der Waals surface area contributed by atoms with Gasteiger partial charge in [-0.15, -0.1) is 0 Å². The zero-order chi connectivity index (χ0) is 36.3. The second kappa shape index (κ2) is 17.8. The van der Waals surface area contributed by atoms with E-state index in [0.717, 1.165) is 25.7 Å². The summed E-state index contributed by atoms with van der Waals surface area (Å²) in [6, 6.07) is -0.427. The fourth-order valence-electron chi connectivity index (χ4n) is 9.22. The molecule has 10 heteroatoms. The van der Waals surface area contributed by atoms with Crippen molar-refractivity contribution in [3.8, 4) is 0 Å². The Bertz CT molecular complexity index is 1030. The fraction of sp³-hybridized carbons (Fsp3) is 0.974. The van der Waals surface area contributed by atoms with Gasteiger partial charge in [0.1, 0.15) is 0 Å². The van der Waals surface area contributed by atoms with E-state index in [0.29, 0.717) is 11.8 Å². The number of hydrogen-bond acceptors (Lipinski definition) is 9. The van der Waals surface area contributed by atoms with Crippen molar-refractivity contribution in [1.82, 2.24) is 5.32 Å². The van der Waals surface area contributed by atoms with Gasteiger partial charge in [0, 0.05) is 43.6 Å². The third kappa shape index (κ3) is 8.69. The number of carbonyl (C=O) groups excluding carboxylic acids is 1. The Balaban J connectivity index is 1.56. The largest absolute Gasteiger partial charge is 0.381 e. The normalized spacial score (nSPS) is 49.4. The highest BCUT2D eigenvalue weighted by molar-refractivity contribution is 5.73. The van der Waals surface area contributed by atoms with E-state index >= 15 is 0 Å². The van der Waals surface area contributed by atoms with Crippen LogP contribution in [0.2, 0.25) is 0 Å². The summed E-state index contributed by atoms with van der Waals surface area (Å²) >= 11 is 0. The molecule has 0 spiro atoms. The van der Waals surface area contributed by atoms with Crippen LogP contribution in [0.15, 0.2) is 0 Å². The molecular weight excluding hydrogens is 626 g/mol. The van der Waals surface area contributed by atoms with E-state index in [9.17, 15) is 4.79 Å². The second-order valence-electron chi connectivity index (χ2n) is 15.9. The predicted molar refractivity (Wildman–Crippen MR) is 189 cm³/mol. The zero-order valence-electron chi connectivity index (χ0n) is 33.0. The van der Waals surface area contributed by atoms with E-state index in [1.54, 1.807) is 14.0 Å². The Hall–Kier alpha value is -0.850. The smallest absolute Gasteiger partial charge is 0.217 e. The molecule has 9 unspecified atom stereocenters. The summed E-state index contributed by atoms with van der Waals surface area (Å²) in [5, 5.41) is 3.19. The van der Waals surface area contributed by atoms with E-state index in [2.05, 4.69) is 88.4 Å². The lowest BCUT2D eigenvalue weighted by Crippen LogP contribution is -2.64. The van der Waals surface area contributed by atoms with Crippen molar-refractivity contribution in [2.75, 3.05) is 7.11 Å². The molecule has 0 aliphatic carbocycles. The van der Waals surface area contributed by atoms with Crippen LogP contribution < -0.4 is 5.32 Å². The number of amides is 1. The van der Waals surface area contributed by atoms with Crippen molar-refractivity contribution in [3.05, 3.63) is 0 Å². The van der Waals surface area contributed by atoms with Crippen LogP contribution in [0, 0.1) is 41.4 Å². The molecule has 10 nitrogen and oxygen atoms in total. The molecule has 1 amide bonds. The summed E-state index contributed by atoms with van der Waals surface area (Å²) in [4.78, 5) is 12.7. The maximum Gasteiger partial charge on any atom is 0.217 e. The summed E-state index contributed by atoms with van der Waals surface area (Å²) in [5.74, 6) is 0.735. The average molecular weight is 698 g/mol. The first kappa shape index (κ1) is 40.9. The van der Waals surface area contributed by atoms with E-state index in [4.69, 9.17) is 37.9 Å². The first-order valence-electron chi connectivity index (χ1n) is 19.6. The number of rotatable bonds is 12. The molecular formula is C39H71NO9. The van der Waals surface area contributed by atoms with Gasteiger partial charge in [-0.2, -0.15) is 0 Å². The first-order valence-corrected chi connectivity index (χ1v) is 19.6. The van der Waals surface area contributed by atoms with Crippen LogP contribution in [0.25, 0.3) is 0 Å². The van der Waals surface area contributed by atoms with Crippen molar-refractivity contribution in [3.63, 3.8) is 0 Å². The molecule has 4 aliphatic rings. The SMILES string of the molecule is CCC1OC(C)C(C)[C@@H](C)[C@@H]1O[C@@H]1OC(CC)[C@H](C)[C@H](O[C@@H]2OC(CC)[C@@H](O[C@@H]3OC(CC)[C@H](C)[C@H](OC)C3C)[C@H](C)C2NC(C)=O)C1C. The lowest BCUT2D eigenvalue weighted by molar-refractivity contribution is -0.350. The van der Waals surface area contributed by atoms with Crippen LogP contribution in [-0.2, 0) is 42.7 Å². The molecule has 49 heavy (non-hydrogen) atoms. The van der Waals surface area contributed by atoms with Gasteiger partial charge in [0.25, 0.3) is 0 Å². The summed E-state index contributed by atoms with van der Waals surface area (Å²) in [6.07, 6.45) is 1.07. The fourth-order valence-corrected chi connectivity index (χ4v) is 9.22. The third-order valence-corrected chi connectivity index (χ3v) is 12.7. The molecule has 4 heterocycles. The summed E-state index contributed by atoms with van der Waals surface area (Å²) in [5.41, 5.74) is 0. The highest BCUT2D eigenvalue weighted by Crippen LogP contribution is 2.42. The molecule has 0 saturated carbocycles. The Morgan fingerprint density at radius 2 is 0.939 bits per heavy atom. The molecule has 0 bridgehead atoms. The molecule has 0 aromatic carbocycles. The van der Waals surface area contributed by atoms with Crippen LogP contribution in [0.1, 0.15) is 116 Å². The van der Waals surface area contributed by atoms with Crippen molar-refractivity contribution in [2.45, 2.75) is 196 Å². The topological polar surface area (TPSA) is 103 Å². The number of hydrogen-bond donors (Lipinski definition) is 1. The molecule has 0 aromatic rings. The van der Waals surface area contributed by atoms with Crippen LogP contribution in [0.3, 0.4) is 0 Å². The highest BCUT2D eigenvalue weighted by Gasteiger charge is 2.52. The number of methoxy groups -OCH3 is 1. The molecule has 4 rings (SSSR count). The second-order valence-corrected chi connectivity index (χ2v) is 15.9. The summed E-state index contributed by atoms with van der Waals surface area (Å²) in [6.45, 7) is 27.6. The molecule has 286 valence electrons. The highest BCUT2D eigenvalue weighted by atomic mass is 16.7. The number of nitrogens with one attached hydrogen (secondary N) is 1. The standard InChI is InChI=1S/C39H71NO9/c1-15-28-21(7)33(42-14)24(10)37(44-28)49-36-23(9)32(40-27(13)41)39(46-31(36)18-4)47-34-22(8)29(16-2)45-38(25(34)11)48-35-20(6)19(5)26(12)43-30(35)17-3/h19-26,28-39H,15-18H2,1-14H3,(H,40,41)/t19?,20-,21+,22+,23-,24?,25?,26?,28?,29?,30?,31?,32?,33+,34+,35+,36+,37+,38+,39+/m1/s1. The van der Waals surface area contributed by atoms with Gasteiger partial charge in [-0.3, -0.25) is 4.79 Å². The van der Waals surface area contributed by atoms with Gasteiger partial charge >= 0.3 is 0 Å². The number of ether oxygens (including phenoxy) is 8. The maximum absolute atomic E-state index is 12.7. The van der Waals surface area contributed by atoms with Crippen molar-refractivity contribution in [2.24, 2.45) is 41.4 Å². The monoisotopic (exact) mass is 698 g/mol. The molecule has 4 aliphatic heterocycles. The molecule has 1 N–H and O–H groups in total. The minimum atomic E-state index is -0.670. The van der Waals surface area contributed by atoms with Gasteiger partial charge in [0.15, 0.2) is 18.9 Å². The van der Waals surface area contributed by atoms with Gasteiger partial charge in [-0.05, 0) is 44.4 Å². The first-order chi connectivity index (χ1) is 23.2. The summed E-state index contributed by atoms with van der Waals surface area (Å²) in [7, 11) is 1.77. The third-order valence-electron chi connectivity index (χ3n) is 12.7. The van der Waals surface area contributed by atoms with Gasteiger partial charge < -0.3 is 43.2 Å². The van der Waals surface area contributed by atoms with Gasteiger partial charge in [-0.1, -0.05) is 76.2 Å². The van der Waals surface area contributed by atoms with Crippen LogP contribution in [-0.4, -0.2) is 92.9 Å². The predicted octanol–water partition coefficient (Wildman–Crippen LogP) is 6.72. The van der Waals surface area contributed by atoms with Crippen molar-refractivity contribution < 1.29 is 42.7 Å². The van der Waals surface area contributed by atoms with Crippen molar-refractivity contribution >= 4 is 5.91 Å². The van der Waals surface area contributed by atoms with Gasteiger partial charge in [-0.25, -0.2) is 0 Å². The molecule has 0 aromatic heterocycles. The van der Waals surface area contributed by atoms with Crippen LogP contribution in [0.4, 0.5) is 0 Å². The minimum absolute atomic E-state index is 0.00978. The minimum Gasteiger partial charge on any atom is -0.381 e. The quantitative estimate of drug-likeness (QED) is 0.238. The molecule has 0 radical (unpaired) electrons. The van der Waals surface area contributed by atoms with E-state index in [1.165, 1.54) is 0 Å². The maximum atomic E-state index is 12.7. The van der Waals surface area contributed by atoms with Crippen molar-refractivity contribution in [1.29, 1.82) is 0 Å². The Kier molecular flexibility index (Phi) is 14.8. The zero-order valence-corrected chi connectivity index (χ0v) is 33.0. The lowest BCUT2D eigenvalue weighted by atomic mass is 9.80. The average Bonchev–Trinajstić information content (AvgIpc) is 3.07. The molecule has 4 fully saturated rings. The number of carbonyl (C=O) groups is 1. The summed E-state index contributed by atoms with van der Waals surface area (Å²) < 4.78 is 53.2. The van der Waals surface area contributed by atoms with Crippen LogP contribution >= 0.6 is 0 Å². The Morgan fingerprint density at radius 3 is 1.43 bits per heavy atom. The van der Waals surface area contributed by atoms with Crippen LogP contribution in [0.5, 0.6) is 0 Å². The lowest BCUT2D eigenvalue weighted by Gasteiger charge is -2.52. The Labute approximate surface area is 297 Å². The Morgan fingerprint density at radius 1 is 0.510 bits per heavy atom.